The molecule has 0 aromatic rings. The van der Waals surface area contributed by atoms with Crippen molar-refractivity contribution < 1.29 is 64.6 Å². The number of unbranched alkanes of at least 4 members (excludes halogenated alkanes) is 44. The first-order valence-electron chi connectivity index (χ1n) is 38.9. The minimum Gasteiger partial charge on any atom is -0.394 e. The Balaban J connectivity index is 1.58. The van der Waals surface area contributed by atoms with Crippen LogP contribution in [0.1, 0.15) is 348 Å². The van der Waals surface area contributed by atoms with E-state index in [1.54, 1.807) is 0 Å². The molecule has 0 radical (unpaired) electrons. The van der Waals surface area contributed by atoms with Crippen molar-refractivity contribution in [2.45, 2.75) is 421 Å². The van der Waals surface area contributed by atoms with E-state index in [1.165, 1.54) is 244 Å². The summed E-state index contributed by atoms with van der Waals surface area (Å²) < 4.78 is 23.0. The molecule has 2 aliphatic heterocycles. The number of nitrogens with one attached hydrogen (secondary N) is 1. The van der Waals surface area contributed by atoms with Crippen LogP contribution in [0.15, 0.2) is 48.6 Å². The lowest BCUT2D eigenvalue weighted by molar-refractivity contribution is -0.359. The number of carbonyl (C=O) groups is 1. The largest absolute Gasteiger partial charge is 0.394 e. The van der Waals surface area contributed by atoms with E-state index < -0.39 is 86.8 Å². The molecule has 12 atom stereocenters. The SMILES string of the molecule is CC/C=C\C/C=C\C/C=C\C/C=C\CCCCCCCCCCCCCCCCCCCCCCCCCCC(=O)NC(COC1OC(CO)C(OC2OC(CO)C(O)C(O)C2O)C(O)C1O)C(O)CCCCCCCCCCCCCCCCCCCCCCC. The van der Waals surface area contributed by atoms with E-state index in [0.717, 1.165) is 77.0 Å². The molecule has 0 aromatic heterocycles. The van der Waals surface area contributed by atoms with Crippen molar-refractivity contribution in [3.05, 3.63) is 48.6 Å². The van der Waals surface area contributed by atoms with Crippen molar-refractivity contribution >= 4 is 5.91 Å². The number of hydrogen-bond donors (Lipinski definition) is 9. The summed E-state index contributed by atoms with van der Waals surface area (Å²) in [4.78, 5) is 13.4. The van der Waals surface area contributed by atoms with Gasteiger partial charge in [-0.2, -0.15) is 0 Å². The highest BCUT2D eigenvalue weighted by Crippen LogP contribution is 2.30. The molecule has 0 aliphatic carbocycles. The van der Waals surface area contributed by atoms with Crippen molar-refractivity contribution in [2.24, 2.45) is 0 Å². The van der Waals surface area contributed by atoms with Crippen molar-refractivity contribution in [2.75, 3.05) is 19.8 Å². The monoisotopic (exact) mass is 1300 g/mol. The predicted molar refractivity (Wildman–Crippen MR) is 378 cm³/mol. The fourth-order valence-electron chi connectivity index (χ4n) is 12.9. The Morgan fingerprint density at radius 1 is 0.402 bits per heavy atom. The van der Waals surface area contributed by atoms with Gasteiger partial charge in [0.2, 0.25) is 5.91 Å². The van der Waals surface area contributed by atoms with E-state index in [-0.39, 0.29) is 12.5 Å². The molecule has 9 N–H and O–H groups in total. The molecule has 2 rings (SSSR count). The Morgan fingerprint density at radius 3 is 1.15 bits per heavy atom. The van der Waals surface area contributed by atoms with Crippen molar-refractivity contribution in [1.82, 2.24) is 5.32 Å². The van der Waals surface area contributed by atoms with Crippen LogP contribution < -0.4 is 5.32 Å². The van der Waals surface area contributed by atoms with E-state index in [0.29, 0.717) is 12.8 Å². The average Bonchev–Trinajstić information content (AvgIpc) is 0.915. The third kappa shape index (κ3) is 45.5. The normalized spacial score (nSPS) is 22.9. The molecule has 0 bridgehead atoms. The standard InChI is InChI=1S/C78H145NO13/c1-3-5-7-9-11-13-15-17-19-21-23-25-26-27-28-29-30-31-32-33-34-35-36-37-38-39-40-42-44-46-48-50-52-54-56-58-60-62-70(83)79-66(67(82)61-59-57-55-53-51-49-47-45-43-41-24-22-20-18-16-14-12-10-8-6-4-2)65-89-77-75(88)73(86)76(69(64-81)91-77)92-78-74(87)72(85)71(84)68(63-80)90-78/h5,7,11,13,17,19,23,25,66-69,71-78,80-82,84-88H,3-4,6,8-10,12,14-16,18,20-22,24,26-65H2,1-2H3,(H,79,83)/b7-5-,13-11-,19-17-,25-23-. The van der Waals surface area contributed by atoms with E-state index >= 15 is 0 Å². The smallest absolute Gasteiger partial charge is 0.220 e. The minimum atomic E-state index is -1.78. The van der Waals surface area contributed by atoms with Gasteiger partial charge in [-0.3, -0.25) is 4.79 Å². The molecular formula is C78H145NO13. The highest BCUT2D eigenvalue weighted by molar-refractivity contribution is 5.76. The molecule has 1 amide bonds. The number of hydrogen-bond acceptors (Lipinski definition) is 13. The van der Waals surface area contributed by atoms with E-state index in [9.17, 15) is 45.6 Å². The van der Waals surface area contributed by atoms with Crippen LogP contribution in [0.2, 0.25) is 0 Å². The fourth-order valence-corrected chi connectivity index (χ4v) is 12.9. The third-order valence-corrected chi connectivity index (χ3v) is 19.1. The van der Waals surface area contributed by atoms with Gasteiger partial charge in [0, 0.05) is 6.42 Å². The van der Waals surface area contributed by atoms with E-state index in [4.69, 9.17) is 18.9 Å². The number of aliphatic hydroxyl groups excluding tert-OH is 8. The van der Waals surface area contributed by atoms with Crippen LogP contribution in [0.25, 0.3) is 0 Å². The molecule has 540 valence electrons. The minimum absolute atomic E-state index is 0.199. The van der Waals surface area contributed by atoms with Gasteiger partial charge in [0.05, 0.1) is 32.0 Å². The zero-order valence-corrected chi connectivity index (χ0v) is 59.1. The third-order valence-electron chi connectivity index (χ3n) is 19.1. The molecule has 2 aliphatic rings. The molecule has 14 nitrogen and oxygen atoms in total. The van der Waals surface area contributed by atoms with Gasteiger partial charge < -0.3 is 65.1 Å². The number of amides is 1. The van der Waals surface area contributed by atoms with Gasteiger partial charge in [-0.05, 0) is 51.4 Å². The van der Waals surface area contributed by atoms with Crippen LogP contribution >= 0.6 is 0 Å². The molecule has 0 aromatic carbocycles. The fraction of sp³-hybridized carbons (Fsp3) is 0.885. The van der Waals surface area contributed by atoms with E-state index in [2.05, 4.69) is 67.8 Å². The quantitative estimate of drug-likeness (QED) is 0.0204. The molecule has 2 heterocycles. The molecule has 12 unspecified atom stereocenters. The van der Waals surface area contributed by atoms with Crippen LogP contribution in [0.4, 0.5) is 0 Å². The molecule has 14 heteroatoms. The summed E-state index contributed by atoms with van der Waals surface area (Å²) >= 11 is 0. The summed E-state index contributed by atoms with van der Waals surface area (Å²) in [6.45, 7) is 2.80. The highest BCUT2D eigenvalue weighted by Gasteiger charge is 2.51. The van der Waals surface area contributed by atoms with Crippen LogP contribution in [0.5, 0.6) is 0 Å². The van der Waals surface area contributed by atoms with Crippen LogP contribution in [0, 0.1) is 0 Å². The van der Waals surface area contributed by atoms with E-state index in [1.807, 2.05) is 0 Å². The predicted octanol–water partition coefficient (Wildman–Crippen LogP) is 17.0. The molecule has 2 fully saturated rings. The van der Waals surface area contributed by atoms with Crippen molar-refractivity contribution in [3.63, 3.8) is 0 Å². The summed E-state index contributed by atoms with van der Waals surface area (Å²) in [6, 6.07) is -0.828. The highest BCUT2D eigenvalue weighted by atomic mass is 16.7. The molecule has 0 saturated carbocycles. The maximum Gasteiger partial charge on any atom is 0.220 e. The Kier molecular flexibility index (Phi) is 58.4. The van der Waals surface area contributed by atoms with Gasteiger partial charge in [0.25, 0.3) is 0 Å². The Bertz CT molecular complexity index is 1730. The van der Waals surface area contributed by atoms with Crippen LogP contribution in [-0.4, -0.2) is 140 Å². The summed E-state index contributed by atoms with van der Waals surface area (Å²) in [7, 11) is 0. The lowest BCUT2D eigenvalue weighted by Gasteiger charge is -2.46. The first-order chi connectivity index (χ1) is 45.1. The maximum atomic E-state index is 13.4. The zero-order valence-electron chi connectivity index (χ0n) is 59.1. The first kappa shape index (κ1) is 86.0. The number of carbonyl (C=O) groups excluding carboxylic acids is 1. The number of aliphatic hydroxyl groups is 8. The maximum absolute atomic E-state index is 13.4. The summed E-state index contributed by atoms with van der Waals surface area (Å²) in [5.41, 5.74) is 0. The summed E-state index contributed by atoms with van der Waals surface area (Å²) in [6.07, 6.45) is 65.8. The Hall–Kier alpha value is -2.05. The zero-order chi connectivity index (χ0) is 66.6. The van der Waals surface area contributed by atoms with Crippen LogP contribution in [0.3, 0.4) is 0 Å². The number of rotatable bonds is 65. The second-order valence-corrected chi connectivity index (χ2v) is 27.5. The van der Waals surface area contributed by atoms with Crippen molar-refractivity contribution in [1.29, 1.82) is 0 Å². The lowest BCUT2D eigenvalue weighted by Crippen LogP contribution is -2.65. The molecule has 0 spiro atoms. The lowest BCUT2D eigenvalue weighted by atomic mass is 9.97. The number of allylic oxidation sites excluding steroid dienone is 8. The molecule has 2 saturated heterocycles. The molecule has 92 heavy (non-hydrogen) atoms. The van der Waals surface area contributed by atoms with Crippen LogP contribution in [-0.2, 0) is 23.7 Å². The molecular weight excluding hydrogens is 1160 g/mol. The van der Waals surface area contributed by atoms with Gasteiger partial charge in [-0.1, -0.05) is 339 Å². The van der Waals surface area contributed by atoms with Crippen molar-refractivity contribution in [3.8, 4) is 0 Å². The van der Waals surface area contributed by atoms with Gasteiger partial charge in [-0.15, -0.1) is 0 Å². The number of ether oxygens (including phenoxy) is 4. The average molecular weight is 1310 g/mol. The Morgan fingerprint density at radius 2 is 0.750 bits per heavy atom. The second kappa shape index (κ2) is 62.5. The summed E-state index contributed by atoms with van der Waals surface area (Å²) in [5, 5.41) is 87.8. The Labute approximate surface area is 563 Å². The second-order valence-electron chi connectivity index (χ2n) is 27.5. The van der Waals surface area contributed by atoms with Gasteiger partial charge in [0.1, 0.15) is 48.8 Å². The van der Waals surface area contributed by atoms with Gasteiger partial charge >= 0.3 is 0 Å². The topological polar surface area (TPSA) is 228 Å². The van der Waals surface area contributed by atoms with Gasteiger partial charge in [0.15, 0.2) is 12.6 Å². The van der Waals surface area contributed by atoms with Gasteiger partial charge in [-0.25, -0.2) is 0 Å². The summed E-state index contributed by atoms with van der Waals surface area (Å²) in [5.74, 6) is -0.199. The first-order valence-corrected chi connectivity index (χ1v) is 38.9.